The zero-order valence-electron chi connectivity index (χ0n) is 13.7. The highest BCUT2D eigenvalue weighted by molar-refractivity contribution is 6.62. The van der Waals surface area contributed by atoms with E-state index in [1.54, 1.807) is 13.3 Å². The van der Waals surface area contributed by atoms with Gasteiger partial charge in [0.15, 0.2) is 0 Å². The highest BCUT2D eigenvalue weighted by atomic mass is 16.7. The Morgan fingerprint density at radius 1 is 1.09 bits per heavy atom. The standard InChI is InChI=1S/C16H21BN2O3/c1-15(2)16(3,4)22-17(21-15)11-8-14-13(18-9-11)7-6-12(19-14)10-20-5/h6-9H,10H2,1-5H3. The van der Waals surface area contributed by atoms with Crippen molar-refractivity contribution in [3.05, 3.63) is 30.1 Å². The highest BCUT2D eigenvalue weighted by Gasteiger charge is 2.51. The summed E-state index contributed by atoms with van der Waals surface area (Å²) in [5, 5.41) is 0. The van der Waals surface area contributed by atoms with Crippen molar-refractivity contribution in [3.8, 4) is 0 Å². The second kappa shape index (κ2) is 5.30. The monoisotopic (exact) mass is 300 g/mol. The van der Waals surface area contributed by atoms with Crippen LogP contribution in [0.1, 0.15) is 33.4 Å². The zero-order valence-corrected chi connectivity index (χ0v) is 13.7. The third-order valence-electron chi connectivity index (χ3n) is 4.43. The molecule has 0 aliphatic carbocycles. The van der Waals surface area contributed by atoms with Gasteiger partial charge in [0.25, 0.3) is 0 Å². The van der Waals surface area contributed by atoms with E-state index in [9.17, 15) is 0 Å². The van der Waals surface area contributed by atoms with E-state index in [-0.39, 0.29) is 11.2 Å². The van der Waals surface area contributed by atoms with E-state index in [0.29, 0.717) is 6.61 Å². The summed E-state index contributed by atoms with van der Waals surface area (Å²) in [5.74, 6) is 0. The summed E-state index contributed by atoms with van der Waals surface area (Å²) >= 11 is 0. The summed E-state index contributed by atoms with van der Waals surface area (Å²) in [6.45, 7) is 8.64. The van der Waals surface area contributed by atoms with Crippen LogP contribution < -0.4 is 5.46 Å². The lowest BCUT2D eigenvalue weighted by Gasteiger charge is -2.32. The fourth-order valence-electron chi connectivity index (χ4n) is 2.40. The van der Waals surface area contributed by atoms with Gasteiger partial charge in [0, 0.05) is 18.8 Å². The molecule has 2 aromatic heterocycles. The van der Waals surface area contributed by atoms with Crippen LogP contribution in [0.5, 0.6) is 0 Å². The van der Waals surface area contributed by atoms with E-state index in [1.165, 1.54) is 0 Å². The second-order valence-corrected chi connectivity index (χ2v) is 6.63. The van der Waals surface area contributed by atoms with Crippen LogP contribution in [-0.2, 0) is 20.7 Å². The lowest BCUT2D eigenvalue weighted by atomic mass is 9.80. The summed E-state index contributed by atoms with van der Waals surface area (Å²) < 4.78 is 17.3. The predicted molar refractivity (Wildman–Crippen MR) is 86.0 cm³/mol. The largest absolute Gasteiger partial charge is 0.496 e. The Morgan fingerprint density at radius 2 is 1.77 bits per heavy atom. The Balaban J connectivity index is 1.95. The van der Waals surface area contributed by atoms with E-state index >= 15 is 0 Å². The Bertz CT molecular complexity index is 687. The van der Waals surface area contributed by atoms with Crippen molar-refractivity contribution < 1.29 is 14.0 Å². The predicted octanol–water partition coefficient (Wildman–Crippen LogP) is 2.08. The van der Waals surface area contributed by atoms with Crippen molar-refractivity contribution in [1.29, 1.82) is 0 Å². The Morgan fingerprint density at radius 3 is 2.41 bits per heavy atom. The number of pyridine rings is 2. The maximum Gasteiger partial charge on any atom is 0.496 e. The molecule has 0 atom stereocenters. The fraction of sp³-hybridized carbons (Fsp3) is 0.500. The van der Waals surface area contributed by atoms with Crippen molar-refractivity contribution in [3.63, 3.8) is 0 Å². The smallest absolute Gasteiger partial charge is 0.399 e. The molecule has 1 fully saturated rings. The lowest BCUT2D eigenvalue weighted by molar-refractivity contribution is 0.00578. The maximum absolute atomic E-state index is 6.06. The van der Waals surface area contributed by atoms with Crippen LogP contribution in [0.15, 0.2) is 24.4 Å². The van der Waals surface area contributed by atoms with Gasteiger partial charge in [-0.2, -0.15) is 0 Å². The summed E-state index contributed by atoms with van der Waals surface area (Å²) in [6, 6.07) is 5.85. The van der Waals surface area contributed by atoms with E-state index in [1.807, 2.05) is 45.9 Å². The first-order valence-corrected chi connectivity index (χ1v) is 7.42. The minimum atomic E-state index is -0.421. The number of nitrogens with zero attached hydrogens (tertiary/aromatic N) is 2. The van der Waals surface area contributed by atoms with Gasteiger partial charge in [-0.1, -0.05) is 0 Å². The minimum Gasteiger partial charge on any atom is -0.399 e. The third kappa shape index (κ3) is 2.62. The Labute approximate surface area is 131 Å². The van der Waals surface area contributed by atoms with Crippen LogP contribution in [0.25, 0.3) is 11.0 Å². The van der Waals surface area contributed by atoms with Gasteiger partial charge in [-0.3, -0.25) is 4.98 Å². The molecule has 6 heteroatoms. The number of hydrogen-bond donors (Lipinski definition) is 0. The third-order valence-corrected chi connectivity index (χ3v) is 4.43. The van der Waals surface area contributed by atoms with Crippen LogP contribution in [0, 0.1) is 0 Å². The first-order valence-electron chi connectivity index (χ1n) is 7.42. The van der Waals surface area contributed by atoms with Gasteiger partial charge in [-0.05, 0) is 45.9 Å². The fourth-order valence-corrected chi connectivity index (χ4v) is 2.40. The van der Waals surface area contributed by atoms with E-state index in [2.05, 4.69) is 9.97 Å². The van der Waals surface area contributed by atoms with Gasteiger partial charge in [0.05, 0.1) is 34.5 Å². The number of ether oxygens (including phenoxy) is 1. The SMILES string of the molecule is COCc1ccc2ncc(B3OC(C)(C)C(C)(C)O3)cc2n1. The summed E-state index contributed by atoms with van der Waals surface area (Å²) in [6.07, 6.45) is 1.79. The quantitative estimate of drug-likeness (QED) is 0.812. The Kier molecular flexibility index (Phi) is 3.71. The van der Waals surface area contributed by atoms with Gasteiger partial charge in [0.1, 0.15) is 0 Å². The molecule has 0 bridgehead atoms. The summed E-state index contributed by atoms with van der Waals surface area (Å²) in [5.41, 5.74) is 2.70. The van der Waals surface area contributed by atoms with Crippen molar-refractivity contribution in [1.82, 2.24) is 9.97 Å². The molecular formula is C16H21BN2O3. The molecule has 0 radical (unpaired) electrons. The average Bonchev–Trinajstić information content (AvgIpc) is 2.67. The molecule has 3 heterocycles. The number of methoxy groups -OCH3 is 1. The molecule has 22 heavy (non-hydrogen) atoms. The number of rotatable bonds is 3. The molecule has 0 amide bonds. The van der Waals surface area contributed by atoms with Crippen LogP contribution in [0.2, 0.25) is 0 Å². The number of fused-ring (bicyclic) bond motifs is 1. The molecule has 0 spiro atoms. The normalized spacial score (nSPS) is 19.8. The van der Waals surface area contributed by atoms with E-state index in [0.717, 1.165) is 22.2 Å². The van der Waals surface area contributed by atoms with Gasteiger partial charge in [0.2, 0.25) is 0 Å². The topological polar surface area (TPSA) is 53.5 Å². The molecule has 1 saturated heterocycles. The molecule has 3 rings (SSSR count). The molecule has 0 saturated carbocycles. The molecule has 116 valence electrons. The molecule has 1 aliphatic rings. The average molecular weight is 300 g/mol. The first-order chi connectivity index (χ1) is 10.3. The van der Waals surface area contributed by atoms with E-state index < -0.39 is 7.12 Å². The summed E-state index contributed by atoms with van der Waals surface area (Å²) in [7, 11) is 1.24. The molecule has 0 N–H and O–H groups in total. The molecular weight excluding hydrogens is 279 g/mol. The lowest BCUT2D eigenvalue weighted by Crippen LogP contribution is -2.41. The van der Waals surface area contributed by atoms with Crippen LogP contribution in [0.4, 0.5) is 0 Å². The van der Waals surface area contributed by atoms with Crippen molar-refractivity contribution in [2.75, 3.05) is 7.11 Å². The molecule has 1 aliphatic heterocycles. The van der Waals surface area contributed by atoms with Crippen molar-refractivity contribution in [2.45, 2.75) is 45.5 Å². The van der Waals surface area contributed by atoms with Gasteiger partial charge in [-0.25, -0.2) is 4.98 Å². The second-order valence-electron chi connectivity index (χ2n) is 6.63. The van der Waals surface area contributed by atoms with Crippen molar-refractivity contribution >= 4 is 23.6 Å². The van der Waals surface area contributed by atoms with Gasteiger partial charge < -0.3 is 14.0 Å². The summed E-state index contributed by atoms with van der Waals surface area (Å²) in [4.78, 5) is 9.03. The molecule has 0 aromatic carbocycles. The van der Waals surface area contributed by atoms with Crippen LogP contribution >= 0.6 is 0 Å². The number of hydrogen-bond acceptors (Lipinski definition) is 5. The van der Waals surface area contributed by atoms with E-state index in [4.69, 9.17) is 14.0 Å². The first kappa shape index (κ1) is 15.4. The van der Waals surface area contributed by atoms with Crippen LogP contribution in [0.3, 0.4) is 0 Å². The van der Waals surface area contributed by atoms with Crippen molar-refractivity contribution in [2.24, 2.45) is 0 Å². The van der Waals surface area contributed by atoms with Gasteiger partial charge >= 0.3 is 7.12 Å². The number of aromatic nitrogens is 2. The van der Waals surface area contributed by atoms with Crippen LogP contribution in [-0.4, -0.2) is 35.4 Å². The molecule has 5 nitrogen and oxygen atoms in total. The maximum atomic E-state index is 6.06. The zero-order chi connectivity index (χ0) is 16.0. The van der Waals surface area contributed by atoms with Gasteiger partial charge in [-0.15, -0.1) is 0 Å². The molecule has 2 aromatic rings. The minimum absolute atomic E-state index is 0.363. The molecule has 0 unspecified atom stereocenters. The Hall–Kier alpha value is -1.50. The highest BCUT2D eigenvalue weighted by Crippen LogP contribution is 2.36.